The first-order chi connectivity index (χ1) is 11.2. The van der Waals surface area contributed by atoms with Crippen molar-refractivity contribution in [2.75, 3.05) is 0 Å². The van der Waals surface area contributed by atoms with Crippen LogP contribution in [-0.4, -0.2) is 20.7 Å². The molecule has 0 spiro atoms. The van der Waals surface area contributed by atoms with Crippen LogP contribution in [0.15, 0.2) is 60.8 Å². The van der Waals surface area contributed by atoms with Crippen molar-refractivity contribution in [3.63, 3.8) is 0 Å². The third-order valence-corrected chi connectivity index (χ3v) is 4.42. The normalized spacial score (nSPS) is 17.0. The average Bonchev–Trinajstić information content (AvgIpc) is 3.00. The van der Waals surface area contributed by atoms with Crippen LogP contribution in [0.5, 0.6) is 5.75 Å². The van der Waals surface area contributed by atoms with E-state index < -0.39 is 0 Å². The summed E-state index contributed by atoms with van der Waals surface area (Å²) >= 11 is 0. The second-order valence-corrected chi connectivity index (χ2v) is 5.84. The lowest BCUT2D eigenvalue weighted by Gasteiger charge is -2.23. The van der Waals surface area contributed by atoms with Crippen molar-refractivity contribution >= 4 is 5.78 Å². The van der Waals surface area contributed by atoms with Crippen molar-refractivity contribution in [2.24, 2.45) is 0 Å². The Morgan fingerprint density at radius 1 is 1.00 bits per heavy atom. The number of Topliss-reactive ketones (excluding diaryl/α,β-unsaturated/α-hetero) is 1. The summed E-state index contributed by atoms with van der Waals surface area (Å²) in [7, 11) is 0. The highest BCUT2D eigenvalue weighted by atomic mass is 16.3. The molecule has 0 aliphatic heterocycles. The molecule has 0 saturated carbocycles. The third-order valence-electron chi connectivity index (χ3n) is 4.42. The minimum atomic E-state index is -0.0182. The molecule has 0 fully saturated rings. The molecule has 1 aliphatic rings. The molecule has 23 heavy (non-hydrogen) atoms. The van der Waals surface area contributed by atoms with E-state index >= 15 is 0 Å². The fourth-order valence-electron chi connectivity index (χ4n) is 3.29. The summed E-state index contributed by atoms with van der Waals surface area (Å²) in [6, 6.07) is 17.1. The van der Waals surface area contributed by atoms with E-state index in [1.54, 1.807) is 18.3 Å². The van der Waals surface area contributed by atoms with Crippen LogP contribution in [0.25, 0.3) is 5.69 Å². The molecule has 4 nitrogen and oxygen atoms in total. The summed E-state index contributed by atoms with van der Waals surface area (Å²) in [4.78, 5) is 12.5. The van der Waals surface area contributed by atoms with Crippen LogP contribution in [0.3, 0.4) is 0 Å². The third kappa shape index (κ3) is 2.32. The first-order valence-electron chi connectivity index (χ1n) is 7.67. The van der Waals surface area contributed by atoms with E-state index in [9.17, 15) is 9.90 Å². The van der Waals surface area contributed by atoms with Gasteiger partial charge in [-0.05, 0) is 30.2 Å². The van der Waals surface area contributed by atoms with E-state index in [1.807, 2.05) is 47.1 Å². The monoisotopic (exact) mass is 304 g/mol. The number of fused-ring (bicyclic) bond motifs is 1. The summed E-state index contributed by atoms with van der Waals surface area (Å²) in [5.74, 6) is 0.316. The number of phenols is 1. The zero-order valence-corrected chi connectivity index (χ0v) is 12.5. The Kier molecular flexibility index (Phi) is 3.23. The van der Waals surface area contributed by atoms with Gasteiger partial charge in [0.1, 0.15) is 5.75 Å². The number of aromatic hydroxyl groups is 1. The average molecular weight is 304 g/mol. The highest BCUT2D eigenvalue weighted by molar-refractivity contribution is 5.98. The van der Waals surface area contributed by atoms with Gasteiger partial charge in [-0.2, -0.15) is 5.10 Å². The molecule has 1 heterocycles. The van der Waals surface area contributed by atoms with Gasteiger partial charge in [0.05, 0.1) is 23.1 Å². The van der Waals surface area contributed by atoms with E-state index in [-0.39, 0.29) is 17.5 Å². The number of ketones is 1. The smallest absolute Gasteiger partial charge is 0.166 e. The Labute approximate surface area is 134 Å². The fraction of sp³-hybridized carbons (Fsp3) is 0.158. The van der Waals surface area contributed by atoms with Crippen LogP contribution >= 0.6 is 0 Å². The van der Waals surface area contributed by atoms with E-state index in [1.165, 1.54) is 0 Å². The summed E-state index contributed by atoms with van der Waals surface area (Å²) in [5.41, 5.74) is 3.38. The van der Waals surface area contributed by atoms with Crippen molar-refractivity contribution in [1.82, 2.24) is 9.78 Å². The summed E-state index contributed by atoms with van der Waals surface area (Å²) in [6.45, 7) is 0. The molecule has 1 aliphatic carbocycles. The Hall–Kier alpha value is -2.88. The Balaban J connectivity index is 1.78. The van der Waals surface area contributed by atoms with Crippen LogP contribution in [0.2, 0.25) is 0 Å². The molecule has 114 valence electrons. The molecule has 1 atom stereocenters. The molecule has 0 saturated heterocycles. The molecule has 0 unspecified atom stereocenters. The van der Waals surface area contributed by atoms with Crippen molar-refractivity contribution in [3.8, 4) is 11.4 Å². The largest absolute Gasteiger partial charge is 0.508 e. The molecule has 1 aromatic heterocycles. The zero-order valence-electron chi connectivity index (χ0n) is 12.5. The molecular weight excluding hydrogens is 288 g/mol. The van der Waals surface area contributed by atoms with Gasteiger partial charge in [-0.15, -0.1) is 0 Å². The maximum absolute atomic E-state index is 12.5. The number of carbonyl (C=O) groups excluding carboxylic acids is 1. The quantitative estimate of drug-likeness (QED) is 0.788. The number of aromatic nitrogens is 2. The fourth-order valence-corrected chi connectivity index (χ4v) is 3.29. The number of hydrogen-bond donors (Lipinski definition) is 1. The van der Waals surface area contributed by atoms with E-state index in [0.717, 1.165) is 16.9 Å². The van der Waals surface area contributed by atoms with Crippen LogP contribution in [0.4, 0.5) is 0 Å². The molecule has 0 amide bonds. The topological polar surface area (TPSA) is 55.1 Å². The highest BCUT2D eigenvalue weighted by Crippen LogP contribution is 2.37. The molecule has 3 aromatic rings. The predicted octanol–water partition coefficient (Wildman–Crippen LogP) is 3.49. The Bertz CT molecular complexity index is 868. The minimum Gasteiger partial charge on any atom is -0.508 e. The highest BCUT2D eigenvalue weighted by Gasteiger charge is 2.31. The maximum Gasteiger partial charge on any atom is 0.166 e. The van der Waals surface area contributed by atoms with Gasteiger partial charge < -0.3 is 5.11 Å². The SMILES string of the molecule is O=C1C[C@@H](c2ccccc2O)Cc2c1cnn2-c1ccccc1. The van der Waals surface area contributed by atoms with E-state index in [0.29, 0.717) is 18.4 Å². The zero-order chi connectivity index (χ0) is 15.8. The van der Waals surface area contributed by atoms with Gasteiger partial charge >= 0.3 is 0 Å². The number of phenolic OH excluding ortho intramolecular Hbond substituents is 1. The predicted molar refractivity (Wildman–Crippen MR) is 87.1 cm³/mol. The molecule has 4 heteroatoms. The van der Waals surface area contributed by atoms with Crippen LogP contribution < -0.4 is 0 Å². The summed E-state index contributed by atoms with van der Waals surface area (Å²) < 4.78 is 1.83. The van der Waals surface area contributed by atoms with Crippen molar-refractivity contribution in [2.45, 2.75) is 18.8 Å². The Morgan fingerprint density at radius 3 is 2.52 bits per heavy atom. The van der Waals surface area contributed by atoms with Gasteiger partial charge in [0.15, 0.2) is 5.78 Å². The lowest BCUT2D eigenvalue weighted by molar-refractivity contribution is 0.0963. The van der Waals surface area contributed by atoms with Gasteiger partial charge in [0.2, 0.25) is 0 Å². The van der Waals surface area contributed by atoms with Crippen LogP contribution in [0.1, 0.15) is 34.0 Å². The van der Waals surface area contributed by atoms with Crippen molar-refractivity contribution < 1.29 is 9.90 Å². The molecule has 0 radical (unpaired) electrons. The molecule has 0 bridgehead atoms. The number of nitrogens with zero attached hydrogens (tertiary/aromatic N) is 2. The molecule has 2 aromatic carbocycles. The molecule has 1 N–H and O–H groups in total. The standard InChI is InChI=1S/C19H16N2O2/c22-18-9-5-4-8-15(18)13-10-17-16(19(23)11-13)12-20-21(17)14-6-2-1-3-7-14/h1-9,12-13,22H,10-11H2/t13-/m0/s1. The van der Waals surface area contributed by atoms with E-state index in [2.05, 4.69) is 5.10 Å². The summed E-state index contributed by atoms with van der Waals surface area (Å²) in [5, 5.41) is 14.5. The second kappa shape index (κ2) is 5.39. The van der Waals surface area contributed by atoms with Gasteiger partial charge in [-0.1, -0.05) is 36.4 Å². The summed E-state index contributed by atoms with van der Waals surface area (Å²) in [6.07, 6.45) is 2.75. The number of carbonyl (C=O) groups is 1. The van der Waals surface area contributed by atoms with Gasteiger partial charge in [-0.3, -0.25) is 4.79 Å². The molecule has 4 rings (SSSR count). The lowest BCUT2D eigenvalue weighted by Crippen LogP contribution is -2.20. The van der Waals surface area contributed by atoms with Crippen molar-refractivity contribution in [1.29, 1.82) is 0 Å². The van der Waals surface area contributed by atoms with E-state index in [4.69, 9.17) is 0 Å². The number of rotatable bonds is 2. The van der Waals surface area contributed by atoms with Crippen molar-refractivity contribution in [3.05, 3.63) is 77.6 Å². The number of para-hydroxylation sites is 2. The number of hydrogen-bond acceptors (Lipinski definition) is 3. The minimum absolute atomic E-state index is 0.0182. The van der Waals surface area contributed by atoms with Gasteiger partial charge in [-0.25, -0.2) is 4.68 Å². The number of benzene rings is 2. The lowest BCUT2D eigenvalue weighted by atomic mass is 9.82. The maximum atomic E-state index is 12.5. The second-order valence-electron chi connectivity index (χ2n) is 5.84. The first-order valence-corrected chi connectivity index (χ1v) is 7.67. The first kappa shape index (κ1) is 13.8. The van der Waals surface area contributed by atoms with Crippen LogP contribution in [-0.2, 0) is 6.42 Å². The molecular formula is C19H16N2O2. The van der Waals surface area contributed by atoms with Gasteiger partial charge in [0, 0.05) is 12.3 Å². The van der Waals surface area contributed by atoms with Gasteiger partial charge in [0.25, 0.3) is 0 Å². The Morgan fingerprint density at radius 2 is 1.74 bits per heavy atom. The van der Waals surface area contributed by atoms with Crippen LogP contribution in [0, 0.1) is 0 Å².